The highest BCUT2D eigenvalue weighted by Crippen LogP contribution is 2.26. The standard InChI is InChI=1S/C16H20N2OS/c1-11-7-8-12(2)18(11)14-9-10-20-15(14)16(19)17-13-5-3-4-6-13/h7-10,13H,3-6H2,1-2H3,(H,17,19). The number of rotatable bonds is 3. The van der Waals surface area contributed by atoms with Gasteiger partial charge in [0.25, 0.3) is 5.91 Å². The SMILES string of the molecule is Cc1ccc(C)n1-c1ccsc1C(=O)NC1CCCC1. The molecule has 1 N–H and O–H groups in total. The number of nitrogens with zero attached hydrogens (tertiary/aromatic N) is 1. The van der Waals surface area contributed by atoms with Crippen molar-refractivity contribution in [2.45, 2.75) is 45.6 Å². The van der Waals surface area contributed by atoms with Crippen molar-refractivity contribution in [3.8, 4) is 5.69 Å². The molecule has 0 spiro atoms. The van der Waals surface area contributed by atoms with Crippen molar-refractivity contribution in [2.75, 3.05) is 0 Å². The van der Waals surface area contributed by atoms with Crippen molar-refractivity contribution in [1.29, 1.82) is 0 Å². The van der Waals surface area contributed by atoms with Gasteiger partial charge in [-0.3, -0.25) is 4.79 Å². The van der Waals surface area contributed by atoms with Crippen LogP contribution < -0.4 is 5.32 Å². The fourth-order valence-corrected chi connectivity index (χ4v) is 3.80. The Balaban J connectivity index is 1.88. The monoisotopic (exact) mass is 288 g/mol. The highest BCUT2D eigenvalue weighted by atomic mass is 32.1. The maximum absolute atomic E-state index is 12.5. The molecule has 0 radical (unpaired) electrons. The maximum Gasteiger partial charge on any atom is 0.263 e. The average Bonchev–Trinajstić information content (AvgIpc) is 3.11. The summed E-state index contributed by atoms with van der Waals surface area (Å²) >= 11 is 1.52. The highest BCUT2D eigenvalue weighted by Gasteiger charge is 2.21. The van der Waals surface area contributed by atoms with Crippen molar-refractivity contribution >= 4 is 17.2 Å². The van der Waals surface area contributed by atoms with Crippen molar-refractivity contribution in [2.24, 2.45) is 0 Å². The number of thiophene rings is 1. The molecule has 1 aliphatic carbocycles. The van der Waals surface area contributed by atoms with E-state index in [2.05, 4.69) is 35.9 Å². The van der Waals surface area contributed by atoms with Crippen molar-refractivity contribution in [3.05, 3.63) is 39.8 Å². The highest BCUT2D eigenvalue weighted by molar-refractivity contribution is 7.12. The largest absolute Gasteiger partial charge is 0.349 e. The topological polar surface area (TPSA) is 34.0 Å². The zero-order valence-electron chi connectivity index (χ0n) is 12.0. The van der Waals surface area contributed by atoms with Crippen molar-refractivity contribution < 1.29 is 4.79 Å². The molecule has 1 fully saturated rings. The zero-order valence-corrected chi connectivity index (χ0v) is 12.8. The molecule has 2 aromatic heterocycles. The van der Waals surface area contributed by atoms with Crippen LogP contribution in [0.1, 0.15) is 46.7 Å². The minimum Gasteiger partial charge on any atom is -0.349 e. The van der Waals surface area contributed by atoms with E-state index in [4.69, 9.17) is 0 Å². The third-order valence-corrected chi connectivity index (χ3v) is 4.96. The second-order valence-corrected chi connectivity index (χ2v) is 6.46. The van der Waals surface area contributed by atoms with Crippen LogP contribution >= 0.6 is 11.3 Å². The maximum atomic E-state index is 12.5. The smallest absolute Gasteiger partial charge is 0.263 e. The van der Waals surface area contributed by atoms with Gasteiger partial charge in [-0.05, 0) is 50.3 Å². The van der Waals surface area contributed by atoms with E-state index in [1.807, 2.05) is 11.4 Å². The number of amides is 1. The summed E-state index contributed by atoms with van der Waals surface area (Å²) < 4.78 is 2.15. The van der Waals surface area contributed by atoms with Gasteiger partial charge >= 0.3 is 0 Å². The van der Waals surface area contributed by atoms with E-state index in [0.717, 1.165) is 34.8 Å². The van der Waals surface area contributed by atoms with Crippen LogP contribution in [0, 0.1) is 13.8 Å². The van der Waals surface area contributed by atoms with Gasteiger partial charge in [-0.15, -0.1) is 11.3 Å². The van der Waals surface area contributed by atoms with Gasteiger partial charge in [0, 0.05) is 17.4 Å². The van der Waals surface area contributed by atoms with Gasteiger partial charge in [-0.25, -0.2) is 0 Å². The summed E-state index contributed by atoms with van der Waals surface area (Å²) in [6.07, 6.45) is 4.71. The predicted molar refractivity (Wildman–Crippen MR) is 82.8 cm³/mol. The molecule has 0 aliphatic heterocycles. The quantitative estimate of drug-likeness (QED) is 0.915. The van der Waals surface area contributed by atoms with Gasteiger partial charge in [0.05, 0.1) is 5.69 Å². The van der Waals surface area contributed by atoms with E-state index in [9.17, 15) is 4.79 Å². The predicted octanol–water partition coefficient (Wildman–Crippen LogP) is 3.83. The van der Waals surface area contributed by atoms with Gasteiger partial charge in [-0.1, -0.05) is 12.8 Å². The fraction of sp³-hybridized carbons (Fsp3) is 0.438. The van der Waals surface area contributed by atoms with Crippen LogP contribution in [0.3, 0.4) is 0 Å². The van der Waals surface area contributed by atoms with Crippen LogP contribution in [0.2, 0.25) is 0 Å². The summed E-state index contributed by atoms with van der Waals surface area (Å²) in [7, 11) is 0. The first-order chi connectivity index (χ1) is 9.66. The van der Waals surface area contributed by atoms with Crippen LogP contribution in [-0.2, 0) is 0 Å². The number of hydrogen-bond acceptors (Lipinski definition) is 2. The van der Waals surface area contributed by atoms with Crippen LogP contribution in [0.5, 0.6) is 0 Å². The molecular weight excluding hydrogens is 268 g/mol. The molecule has 0 saturated heterocycles. The fourth-order valence-electron chi connectivity index (χ4n) is 3.02. The lowest BCUT2D eigenvalue weighted by atomic mass is 10.2. The van der Waals surface area contributed by atoms with Crippen LogP contribution in [0.25, 0.3) is 5.69 Å². The Labute approximate surface area is 123 Å². The van der Waals surface area contributed by atoms with E-state index in [1.54, 1.807) is 0 Å². The molecule has 4 heteroatoms. The molecule has 2 aromatic rings. The Morgan fingerprint density at radius 2 is 1.85 bits per heavy atom. The molecule has 3 nitrogen and oxygen atoms in total. The molecule has 2 heterocycles. The third kappa shape index (κ3) is 2.40. The zero-order chi connectivity index (χ0) is 14.1. The molecule has 0 unspecified atom stereocenters. The Bertz CT molecular complexity index is 601. The molecule has 0 aromatic carbocycles. The molecule has 1 aliphatic rings. The Morgan fingerprint density at radius 3 is 2.50 bits per heavy atom. The van der Waals surface area contributed by atoms with Crippen molar-refractivity contribution in [3.63, 3.8) is 0 Å². The molecule has 3 rings (SSSR count). The van der Waals surface area contributed by atoms with Crippen molar-refractivity contribution in [1.82, 2.24) is 9.88 Å². The molecule has 1 saturated carbocycles. The first kappa shape index (κ1) is 13.4. The van der Waals surface area contributed by atoms with E-state index in [0.29, 0.717) is 6.04 Å². The summed E-state index contributed by atoms with van der Waals surface area (Å²) in [6, 6.07) is 6.58. The number of carbonyl (C=O) groups is 1. The summed E-state index contributed by atoms with van der Waals surface area (Å²) in [5.74, 6) is 0.0781. The van der Waals surface area contributed by atoms with Crippen LogP contribution in [0.15, 0.2) is 23.6 Å². The molecule has 0 atom stereocenters. The minimum absolute atomic E-state index is 0.0781. The van der Waals surface area contributed by atoms with E-state index in [1.165, 1.54) is 24.2 Å². The Hall–Kier alpha value is -1.55. The molecule has 0 bridgehead atoms. The molecular formula is C16H20N2OS. The second kappa shape index (κ2) is 5.44. The van der Waals surface area contributed by atoms with Gasteiger partial charge in [0.15, 0.2) is 0 Å². The average molecular weight is 288 g/mol. The summed E-state index contributed by atoms with van der Waals surface area (Å²) in [5.41, 5.74) is 3.33. The lowest BCUT2D eigenvalue weighted by Gasteiger charge is -2.14. The van der Waals surface area contributed by atoms with Gasteiger partial charge in [0.2, 0.25) is 0 Å². The number of carbonyl (C=O) groups excluding carboxylic acids is 1. The molecule has 1 amide bonds. The van der Waals surface area contributed by atoms with Crippen LogP contribution in [0.4, 0.5) is 0 Å². The lowest BCUT2D eigenvalue weighted by Crippen LogP contribution is -2.32. The van der Waals surface area contributed by atoms with Gasteiger partial charge < -0.3 is 9.88 Å². The third-order valence-electron chi connectivity index (χ3n) is 4.05. The minimum atomic E-state index is 0.0781. The van der Waals surface area contributed by atoms with Gasteiger partial charge in [-0.2, -0.15) is 0 Å². The van der Waals surface area contributed by atoms with E-state index in [-0.39, 0.29) is 5.91 Å². The number of aromatic nitrogens is 1. The first-order valence-corrected chi connectivity index (χ1v) is 8.08. The first-order valence-electron chi connectivity index (χ1n) is 7.20. The normalized spacial score (nSPS) is 15.7. The summed E-state index contributed by atoms with van der Waals surface area (Å²) in [6.45, 7) is 4.15. The van der Waals surface area contributed by atoms with Gasteiger partial charge in [0.1, 0.15) is 4.88 Å². The lowest BCUT2D eigenvalue weighted by molar-refractivity contribution is 0.0942. The Kier molecular flexibility index (Phi) is 3.66. The van der Waals surface area contributed by atoms with E-state index >= 15 is 0 Å². The number of hydrogen-bond donors (Lipinski definition) is 1. The summed E-state index contributed by atoms with van der Waals surface area (Å²) in [5, 5.41) is 5.18. The molecule has 106 valence electrons. The second-order valence-electron chi connectivity index (χ2n) is 5.54. The number of aryl methyl sites for hydroxylation is 2. The molecule has 20 heavy (non-hydrogen) atoms. The Morgan fingerprint density at radius 1 is 1.20 bits per heavy atom. The van der Waals surface area contributed by atoms with Crippen LogP contribution in [-0.4, -0.2) is 16.5 Å². The number of nitrogens with one attached hydrogen (secondary N) is 1. The van der Waals surface area contributed by atoms with E-state index < -0.39 is 0 Å². The summed E-state index contributed by atoms with van der Waals surface area (Å²) in [4.78, 5) is 13.3.